The molecule has 0 aliphatic carbocycles. The summed E-state index contributed by atoms with van der Waals surface area (Å²) in [6.07, 6.45) is 4.21. The fourth-order valence-electron chi connectivity index (χ4n) is 1.64. The maximum absolute atomic E-state index is 5.92. The van der Waals surface area contributed by atoms with Crippen molar-refractivity contribution >= 4 is 11.6 Å². The first-order valence-corrected chi connectivity index (χ1v) is 6.04. The number of nitrogens with zero attached hydrogens (tertiary/aromatic N) is 1. The minimum atomic E-state index is 0.670. The van der Waals surface area contributed by atoms with Crippen molar-refractivity contribution in [1.29, 1.82) is 0 Å². The third-order valence-corrected chi connectivity index (χ3v) is 2.71. The Kier molecular flexibility index (Phi) is 4.18. The Morgan fingerprint density at radius 1 is 1.35 bits per heavy atom. The van der Waals surface area contributed by atoms with Crippen molar-refractivity contribution in [3.8, 4) is 0 Å². The third-order valence-electron chi connectivity index (χ3n) is 2.47. The van der Waals surface area contributed by atoms with Gasteiger partial charge >= 0.3 is 0 Å². The maximum atomic E-state index is 5.92. The van der Waals surface area contributed by atoms with Gasteiger partial charge in [-0.1, -0.05) is 23.7 Å². The van der Waals surface area contributed by atoms with E-state index in [0.29, 0.717) is 13.0 Å². The van der Waals surface area contributed by atoms with Gasteiger partial charge in [-0.05, 0) is 30.7 Å². The molecule has 0 spiro atoms. The molecule has 2 aromatic rings. The Bertz CT molecular complexity index is 482. The number of nitrogens with two attached hydrogens (primary N) is 1. The second-order valence-corrected chi connectivity index (χ2v) is 4.36. The standard InChI is InChI=1S/C13H15ClN2O/c14-11-4-1-3-10(7-11)8-13-16-9-12(17-13)5-2-6-15/h1,3-4,7,9H,2,5-6,8,15H2. The summed E-state index contributed by atoms with van der Waals surface area (Å²) in [6.45, 7) is 0.671. The number of rotatable bonds is 5. The van der Waals surface area contributed by atoms with Crippen LogP contribution in [0.3, 0.4) is 0 Å². The summed E-state index contributed by atoms with van der Waals surface area (Å²) in [4.78, 5) is 4.24. The predicted octanol–water partition coefficient (Wildman–Crippen LogP) is 2.81. The molecule has 0 unspecified atom stereocenters. The van der Waals surface area contributed by atoms with Crippen LogP contribution in [0.1, 0.15) is 23.6 Å². The molecule has 2 N–H and O–H groups in total. The molecule has 17 heavy (non-hydrogen) atoms. The van der Waals surface area contributed by atoms with Gasteiger partial charge in [-0.3, -0.25) is 0 Å². The molecule has 0 aliphatic rings. The van der Waals surface area contributed by atoms with Crippen LogP contribution in [0.2, 0.25) is 5.02 Å². The van der Waals surface area contributed by atoms with Gasteiger partial charge in [-0.25, -0.2) is 4.98 Å². The smallest absolute Gasteiger partial charge is 0.198 e. The van der Waals surface area contributed by atoms with Crippen LogP contribution in [-0.4, -0.2) is 11.5 Å². The highest BCUT2D eigenvalue weighted by atomic mass is 35.5. The van der Waals surface area contributed by atoms with Crippen LogP contribution in [0.5, 0.6) is 0 Å². The fourth-order valence-corrected chi connectivity index (χ4v) is 1.86. The summed E-state index contributed by atoms with van der Waals surface area (Å²) in [5, 5.41) is 0.734. The molecule has 0 radical (unpaired) electrons. The summed E-state index contributed by atoms with van der Waals surface area (Å²) in [6, 6.07) is 7.71. The molecule has 1 aromatic carbocycles. The average Bonchev–Trinajstić information content (AvgIpc) is 2.74. The van der Waals surface area contributed by atoms with Gasteiger partial charge in [0.2, 0.25) is 0 Å². The molecule has 0 atom stereocenters. The number of halogens is 1. The quantitative estimate of drug-likeness (QED) is 0.888. The van der Waals surface area contributed by atoms with E-state index >= 15 is 0 Å². The van der Waals surface area contributed by atoms with Crippen LogP contribution in [0.4, 0.5) is 0 Å². The summed E-state index contributed by atoms with van der Waals surface area (Å²) in [5.74, 6) is 1.62. The van der Waals surface area contributed by atoms with E-state index in [9.17, 15) is 0 Å². The Morgan fingerprint density at radius 3 is 3.00 bits per heavy atom. The highest BCUT2D eigenvalue weighted by Gasteiger charge is 2.05. The zero-order valence-electron chi connectivity index (χ0n) is 9.53. The van der Waals surface area contributed by atoms with E-state index in [1.54, 1.807) is 6.20 Å². The van der Waals surface area contributed by atoms with Crippen LogP contribution in [0.15, 0.2) is 34.9 Å². The normalized spacial score (nSPS) is 10.7. The Labute approximate surface area is 106 Å². The lowest BCUT2D eigenvalue weighted by molar-refractivity contribution is 0.459. The minimum Gasteiger partial charge on any atom is -0.445 e. The summed E-state index contributed by atoms with van der Waals surface area (Å²) in [7, 11) is 0. The molecule has 0 saturated carbocycles. The number of oxazole rings is 1. The van der Waals surface area contributed by atoms with Gasteiger partial charge < -0.3 is 10.2 Å². The Morgan fingerprint density at radius 2 is 2.24 bits per heavy atom. The van der Waals surface area contributed by atoms with Gasteiger partial charge in [-0.15, -0.1) is 0 Å². The van der Waals surface area contributed by atoms with Crippen molar-refractivity contribution in [3.63, 3.8) is 0 Å². The van der Waals surface area contributed by atoms with Crippen LogP contribution in [-0.2, 0) is 12.8 Å². The highest BCUT2D eigenvalue weighted by Crippen LogP contribution is 2.15. The molecule has 90 valence electrons. The predicted molar refractivity (Wildman–Crippen MR) is 68.1 cm³/mol. The van der Waals surface area contributed by atoms with Crippen molar-refractivity contribution in [3.05, 3.63) is 52.7 Å². The first kappa shape index (κ1) is 12.1. The van der Waals surface area contributed by atoms with E-state index in [0.717, 1.165) is 35.1 Å². The first-order chi connectivity index (χ1) is 8.28. The van der Waals surface area contributed by atoms with Crippen molar-refractivity contribution < 1.29 is 4.42 Å². The summed E-state index contributed by atoms with van der Waals surface area (Å²) in [5.41, 5.74) is 6.55. The second-order valence-electron chi connectivity index (χ2n) is 3.92. The molecule has 4 heteroatoms. The van der Waals surface area contributed by atoms with Crippen molar-refractivity contribution in [2.45, 2.75) is 19.3 Å². The fraction of sp³-hybridized carbons (Fsp3) is 0.308. The van der Waals surface area contributed by atoms with Gasteiger partial charge in [0.1, 0.15) is 5.76 Å². The molecule has 0 amide bonds. The van der Waals surface area contributed by atoms with E-state index in [-0.39, 0.29) is 0 Å². The second kappa shape index (κ2) is 5.84. The SMILES string of the molecule is NCCCc1cnc(Cc2cccc(Cl)c2)o1. The Balaban J connectivity index is 2.01. The maximum Gasteiger partial charge on any atom is 0.198 e. The van der Waals surface area contributed by atoms with Crippen molar-refractivity contribution in [1.82, 2.24) is 4.98 Å². The third kappa shape index (κ3) is 3.58. The molecule has 1 aromatic heterocycles. The van der Waals surface area contributed by atoms with Crippen LogP contribution in [0, 0.1) is 0 Å². The first-order valence-electron chi connectivity index (χ1n) is 5.66. The molecular formula is C13H15ClN2O. The van der Waals surface area contributed by atoms with Gasteiger partial charge in [0, 0.05) is 17.9 Å². The molecule has 0 bridgehead atoms. The lowest BCUT2D eigenvalue weighted by atomic mass is 10.1. The van der Waals surface area contributed by atoms with Gasteiger partial charge in [0.05, 0.1) is 6.20 Å². The van der Waals surface area contributed by atoms with Gasteiger partial charge in [0.15, 0.2) is 5.89 Å². The number of aryl methyl sites for hydroxylation is 1. The van der Waals surface area contributed by atoms with Crippen molar-refractivity contribution in [2.75, 3.05) is 6.54 Å². The van der Waals surface area contributed by atoms with E-state index in [1.165, 1.54) is 0 Å². The molecule has 0 fully saturated rings. The Hall–Kier alpha value is -1.32. The molecule has 1 heterocycles. The average molecular weight is 251 g/mol. The monoisotopic (exact) mass is 250 g/mol. The van der Waals surface area contributed by atoms with Gasteiger partial charge in [0.25, 0.3) is 0 Å². The van der Waals surface area contributed by atoms with Gasteiger partial charge in [-0.2, -0.15) is 0 Å². The van der Waals surface area contributed by atoms with Crippen LogP contribution < -0.4 is 5.73 Å². The van der Waals surface area contributed by atoms with E-state index in [1.807, 2.05) is 24.3 Å². The summed E-state index contributed by atoms with van der Waals surface area (Å²) < 4.78 is 5.62. The lowest BCUT2D eigenvalue weighted by Gasteiger charge is -1.98. The van der Waals surface area contributed by atoms with E-state index in [2.05, 4.69) is 4.98 Å². The van der Waals surface area contributed by atoms with Crippen LogP contribution >= 0.6 is 11.6 Å². The zero-order chi connectivity index (χ0) is 12.1. The number of benzene rings is 1. The molecule has 0 saturated heterocycles. The summed E-state index contributed by atoms with van der Waals surface area (Å²) >= 11 is 5.92. The number of hydrogen-bond donors (Lipinski definition) is 1. The lowest BCUT2D eigenvalue weighted by Crippen LogP contribution is -1.99. The molecular weight excluding hydrogens is 236 g/mol. The van der Waals surface area contributed by atoms with Crippen LogP contribution in [0.25, 0.3) is 0 Å². The molecule has 0 aliphatic heterocycles. The van der Waals surface area contributed by atoms with E-state index in [4.69, 9.17) is 21.8 Å². The number of hydrogen-bond acceptors (Lipinski definition) is 3. The topological polar surface area (TPSA) is 52.0 Å². The molecule has 3 nitrogen and oxygen atoms in total. The zero-order valence-corrected chi connectivity index (χ0v) is 10.3. The van der Waals surface area contributed by atoms with E-state index < -0.39 is 0 Å². The minimum absolute atomic E-state index is 0.670. The highest BCUT2D eigenvalue weighted by molar-refractivity contribution is 6.30. The van der Waals surface area contributed by atoms with Crippen molar-refractivity contribution in [2.24, 2.45) is 5.73 Å². The number of aromatic nitrogens is 1. The molecule has 2 rings (SSSR count). The largest absolute Gasteiger partial charge is 0.445 e.